The van der Waals surface area contributed by atoms with Gasteiger partial charge < -0.3 is 19.5 Å². The second-order valence-electron chi connectivity index (χ2n) is 6.50. The van der Waals surface area contributed by atoms with Crippen molar-refractivity contribution >= 4 is 22.6 Å². The van der Waals surface area contributed by atoms with Crippen LogP contribution in [0.3, 0.4) is 0 Å². The molecule has 0 bridgehead atoms. The Kier molecular flexibility index (Phi) is 6.34. The Hall–Kier alpha value is -3.54. The van der Waals surface area contributed by atoms with Crippen molar-refractivity contribution in [3.8, 4) is 11.5 Å². The third-order valence-electron chi connectivity index (χ3n) is 4.62. The maximum Gasteiger partial charge on any atom is 0.339 e. The van der Waals surface area contributed by atoms with Crippen LogP contribution in [0.25, 0.3) is 10.8 Å². The van der Waals surface area contributed by atoms with Gasteiger partial charge in [0.15, 0.2) is 6.61 Å². The summed E-state index contributed by atoms with van der Waals surface area (Å²) < 4.78 is 15.8. The smallest absolute Gasteiger partial charge is 0.339 e. The lowest BCUT2D eigenvalue weighted by Crippen LogP contribution is -2.31. The molecule has 0 heterocycles. The van der Waals surface area contributed by atoms with E-state index in [1.165, 1.54) is 0 Å². The molecule has 0 aliphatic rings. The van der Waals surface area contributed by atoms with E-state index in [9.17, 15) is 9.59 Å². The van der Waals surface area contributed by atoms with E-state index in [1.54, 1.807) is 44.6 Å². The van der Waals surface area contributed by atoms with E-state index in [0.717, 1.165) is 16.3 Å². The SMILES string of the molecule is COc1ccc(OC)c([C@@H](C)NC(=O)COC(=O)c2cccc3ccccc23)c1. The number of amides is 1. The van der Waals surface area contributed by atoms with Crippen molar-refractivity contribution in [1.82, 2.24) is 5.32 Å². The van der Waals surface area contributed by atoms with Crippen LogP contribution in [0.1, 0.15) is 28.9 Å². The van der Waals surface area contributed by atoms with Crippen LogP contribution in [0.4, 0.5) is 0 Å². The van der Waals surface area contributed by atoms with Gasteiger partial charge in [0.05, 0.1) is 25.8 Å². The molecule has 3 aromatic rings. The second kappa shape index (κ2) is 9.10. The molecular weight excluding hydrogens is 370 g/mol. The average molecular weight is 393 g/mol. The van der Waals surface area contributed by atoms with E-state index in [1.807, 2.05) is 37.3 Å². The topological polar surface area (TPSA) is 73.9 Å². The number of rotatable bonds is 7. The molecule has 1 N–H and O–H groups in total. The Morgan fingerprint density at radius 2 is 1.72 bits per heavy atom. The van der Waals surface area contributed by atoms with E-state index in [0.29, 0.717) is 17.1 Å². The number of benzene rings is 3. The predicted molar refractivity (Wildman–Crippen MR) is 110 cm³/mol. The van der Waals surface area contributed by atoms with Crippen molar-refractivity contribution in [1.29, 1.82) is 0 Å². The number of esters is 1. The number of carbonyl (C=O) groups is 2. The van der Waals surface area contributed by atoms with Gasteiger partial charge in [-0.25, -0.2) is 4.79 Å². The first-order chi connectivity index (χ1) is 14.0. The lowest BCUT2D eigenvalue weighted by molar-refractivity contribution is -0.124. The molecule has 1 amide bonds. The standard InChI is InChI=1S/C23H23NO5/c1-15(20-13-17(27-2)11-12-21(20)28-3)24-22(25)14-29-23(26)19-10-6-8-16-7-4-5-9-18(16)19/h4-13,15H,14H2,1-3H3,(H,24,25)/t15-/m1/s1. The van der Waals surface area contributed by atoms with Gasteiger partial charge in [-0.1, -0.05) is 36.4 Å². The maximum atomic E-state index is 12.5. The lowest BCUT2D eigenvalue weighted by Gasteiger charge is -2.18. The quantitative estimate of drug-likeness (QED) is 0.617. The van der Waals surface area contributed by atoms with Gasteiger partial charge in [-0.05, 0) is 42.0 Å². The zero-order chi connectivity index (χ0) is 20.8. The lowest BCUT2D eigenvalue weighted by atomic mass is 10.1. The highest BCUT2D eigenvalue weighted by molar-refractivity contribution is 6.04. The molecule has 150 valence electrons. The van der Waals surface area contributed by atoms with Crippen LogP contribution in [-0.4, -0.2) is 32.7 Å². The monoisotopic (exact) mass is 393 g/mol. The van der Waals surface area contributed by atoms with Gasteiger partial charge in [0.25, 0.3) is 5.91 Å². The van der Waals surface area contributed by atoms with Gasteiger partial charge >= 0.3 is 5.97 Å². The fourth-order valence-corrected chi connectivity index (χ4v) is 3.15. The summed E-state index contributed by atoms with van der Waals surface area (Å²) in [6.45, 7) is 1.44. The van der Waals surface area contributed by atoms with Crippen LogP contribution in [0, 0.1) is 0 Å². The first-order valence-electron chi connectivity index (χ1n) is 9.19. The summed E-state index contributed by atoms with van der Waals surface area (Å²) in [4.78, 5) is 24.8. The molecule has 0 saturated carbocycles. The predicted octanol–water partition coefficient (Wildman–Crippen LogP) is 3.89. The van der Waals surface area contributed by atoms with E-state index in [-0.39, 0.29) is 12.6 Å². The van der Waals surface area contributed by atoms with E-state index in [4.69, 9.17) is 14.2 Å². The van der Waals surface area contributed by atoms with Crippen LogP contribution >= 0.6 is 0 Å². The summed E-state index contributed by atoms with van der Waals surface area (Å²) >= 11 is 0. The van der Waals surface area contributed by atoms with Crippen LogP contribution < -0.4 is 14.8 Å². The van der Waals surface area contributed by atoms with Gasteiger partial charge in [0, 0.05) is 5.56 Å². The highest BCUT2D eigenvalue weighted by Gasteiger charge is 2.17. The normalized spacial score (nSPS) is 11.6. The number of hydrogen-bond acceptors (Lipinski definition) is 5. The Morgan fingerprint density at radius 1 is 0.966 bits per heavy atom. The van der Waals surface area contributed by atoms with Crippen LogP contribution in [0.5, 0.6) is 11.5 Å². The third-order valence-corrected chi connectivity index (χ3v) is 4.62. The van der Waals surface area contributed by atoms with Gasteiger partial charge in [0.1, 0.15) is 11.5 Å². The summed E-state index contributed by atoms with van der Waals surface area (Å²) in [5.74, 6) is 0.343. The molecule has 29 heavy (non-hydrogen) atoms. The molecule has 1 atom stereocenters. The Bertz CT molecular complexity index is 1030. The zero-order valence-corrected chi connectivity index (χ0v) is 16.6. The van der Waals surface area contributed by atoms with Crippen LogP contribution in [0.2, 0.25) is 0 Å². The summed E-state index contributed by atoms with van der Waals surface area (Å²) in [5, 5.41) is 4.54. The minimum absolute atomic E-state index is 0.358. The molecule has 0 unspecified atom stereocenters. The van der Waals surface area contributed by atoms with Gasteiger partial charge in [-0.2, -0.15) is 0 Å². The van der Waals surface area contributed by atoms with Crippen LogP contribution in [-0.2, 0) is 9.53 Å². The fraction of sp³-hybridized carbons (Fsp3) is 0.217. The third kappa shape index (κ3) is 4.66. The minimum Gasteiger partial charge on any atom is -0.497 e. The maximum absolute atomic E-state index is 12.5. The number of carbonyl (C=O) groups excluding carboxylic acids is 2. The molecule has 0 fully saturated rings. The van der Waals surface area contributed by atoms with Crippen molar-refractivity contribution < 1.29 is 23.8 Å². The number of ether oxygens (including phenoxy) is 3. The minimum atomic E-state index is -0.538. The van der Waals surface area contributed by atoms with E-state index >= 15 is 0 Å². The molecule has 0 aromatic heterocycles. The highest BCUT2D eigenvalue weighted by Crippen LogP contribution is 2.29. The van der Waals surface area contributed by atoms with Crippen molar-refractivity contribution in [3.63, 3.8) is 0 Å². The number of nitrogens with one attached hydrogen (secondary N) is 1. The van der Waals surface area contributed by atoms with E-state index in [2.05, 4.69) is 5.32 Å². The molecule has 0 aliphatic carbocycles. The summed E-state index contributed by atoms with van der Waals surface area (Å²) in [6.07, 6.45) is 0. The van der Waals surface area contributed by atoms with Crippen LogP contribution in [0.15, 0.2) is 60.7 Å². The number of fused-ring (bicyclic) bond motifs is 1. The van der Waals surface area contributed by atoms with Gasteiger partial charge in [-0.15, -0.1) is 0 Å². The first kappa shape index (κ1) is 20.2. The molecule has 3 rings (SSSR count). The molecule has 0 spiro atoms. The zero-order valence-electron chi connectivity index (χ0n) is 16.6. The van der Waals surface area contributed by atoms with Gasteiger partial charge in [-0.3, -0.25) is 4.79 Å². The molecule has 0 aliphatic heterocycles. The van der Waals surface area contributed by atoms with Crippen molar-refractivity contribution in [3.05, 3.63) is 71.8 Å². The summed E-state index contributed by atoms with van der Waals surface area (Å²) in [7, 11) is 3.13. The fourth-order valence-electron chi connectivity index (χ4n) is 3.15. The molecule has 3 aromatic carbocycles. The molecular formula is C23H23NO5. The van der Waals surface area contributed by atoms with Crippen molar-refractivity contribution in [2.45, 2.75) is 13.0 Å². The Balaban J connectivity index is 1.64. The Labute approximate surface area is 169 Å². The molecule has 0 radical (unpaired) electrons. The van der Waals surface area contributed by atoms with Crippen molar-refractivity contribution in [2.75, 3.05) is 20.8 Å². The molecule has 6 heteroatoms. The number of methoxy groups -OCH3 is 2. The Morgan fingerprint density at radius 3 is 2.48 bits per heavy atom. The molecule has 0 saturated heterocycles. The van der Waals surface area contributed by atoms with Gasteiger partial charge in [0.2, 0.25) is 0 Å². The molecule has 6 nitrogen and oxygen atoms in total. The van der Waals surface area contributed by atoms with E-state index < -0.39 is 11.9 Å². The second-order valence-corrected chi connectivity index (χ2v) is 6.50. The summed E-state index contributed by atoms with van der Waals surface area (Å²) in [5.41, 5.74) is 1.19. The number of hydrogen-bond donors (Lipinski definition) is 1. The average Bonchev–Trinajstić information content (AvgIpc) is 2.76. The first-order valence-corrected chi connectivity index (χ1v) is 9.19. The van der Waals surface area contributed by atoms with Crippen molar-refractivity contribution in [2.24, 2.45) is 0 Å². The summed E-state index contributed by atoms with van der Waals surface area (Å²) in [6, 6.07) is 17.9. The largest absolute Gasteiger partial charge is 0.497 e. The highest BCUT2D eigenvalue weighted by atomic mass is 16.5.